The molecular weight excluding hydrogens is 404 g/mol. The van der Waals surface area contributed by atoms with Crippen molar-refractivity contribution in [1.82, 2.24) is 10.1 Å². The summed E-state index contributed by atoms with van der Waals surface area (Å²) in [5.41, 5.74) is 1.58. The monoisotopic (exact) mass is 421 g/mol. The minimum Gasteiger partial charge on any atom is -0.497 e. The van der Waals surface area contributed by atoms with Crippen molar-refractivity contribution >= 4 is 11.6 Å². The van der Waals surface area contributed by atoms with Crippen molar-refractivity contribution in [3.63, 3.8) is 0 Å². The van der Waals surface area contributed by atoms with Crippen LogP contribution in [0.3, 0.4) is 0 Å². The topological polar surface area (TPSA) is 77.2 Å². The summed E-state index contributed by atoms with van der Waals surface area (Å²) < 4.78 is 37.7. The van der Waals surface area contributed by atoms with Crippen LogP contribution in [0, 0.1) is 11.6 Å². The van der Waals surface area contributed by atoms with Crippen LogP contribution in [0.5, 0.6) is 5.75 Å². The van der Waals surface area contributed by atoms with Gasteiger partial charge in [-0.1, -0.05) is 35.5 Å². The van der Waals surface area contributed by atoms with E-state index in [4.69, 9.17) is 9.26 Å². The summed E-state index contributed by atoms with van der Waals surface area (Å²) >= 11 is 0. The maximum Gasteiger partial charge on any atom is 0.258 e. The molecule has 1 N–H and O–H groups in total. The van der Waals surface area contributed by atoms with Crippen molar-refractivity contribution in [2.24, 2.45) is 0 Å². The highest BCUT2D eigenvalue weighted by atomic mass is 19.2. The van der Waals surface area contributed by atoms with Gasteiger partial charge >= 0.3 is 0 Å². The molecule has 31 heavy (non-hydrogen) atoms. The fraction of sp³-hybridized carbons (Fsp3) is 0.0870. The molecule has 0 aliphatic rings. The highest BCUT2D eigenvalue weighted by Crippen LogP contribution is 2.22. The summed E-state index contributed by atoms with van der Waals surface area (Å²) in [7, 11) is 1.60. The number of halogens is 2. The smallest absolute Gasteiger partial charge is 0.258 e. The predicted octanol–water partition coefficient (Wildman–Crippen LogP) is 4.87. The Hall–Kier alpha value is -4.07. The molecule has 3 aromatic carbocycles. The second kappa shape index (κ2) is 8.74. The molecule has 0 saturated carbocycles. The summed E-state index contributed by atoms with van der Waals surface area (Å²) in [5.74, 6) is -1.52. The summed E-state index contributed by atoms with van der Waals surface area (Å²) in [6.07, 6.45) is 0.451. The minimum atomic E-state index is -1.20. The number of hydrogen-bond acceptors (Lipinski definition) is 5. The molecule has 1 amide bonds. The van der Waals surface area contributed by atoms with Gasteiger partial charge in [0.05, 0.1) is 19.1 Å². The lowest BCUT2D eigenvalue weighted by Crippen LogP contribution is -2.14. The third kappa shape index (κ3) is 4.58. The Morgan fingerprint density at radius 1 is 1.06 bits per heavy atom. The van der Waals surface area contributed by atoms with E-state index in [2.05, 4.69) is 15.5 Å². The van der Waals surface area contributed by atoms with Crippen molar-refractivity contribution in [1.29, 1.82) is 0 Å². The molecule has 6 nitrogen and oxygen atoms in total. The van der Waals surface area contributed by atoms with Crippen molar-refractivity contribution in [3.8, 4) is 17.1 Å². The SMILES string of the molecule is COc1ccc(Cc2nc(-c3cccc(NC(=O)c4cccc(F)c4F)c3)no2)cc1. The summed E-state index contributed by atoms with van der Waals surface area (Å²) in [5, 5.41) is 6.54. The maximum atomic E-state index is 13.8. The van der Waals surface area contributed by atoms with E-state index in [0.717, 1.165) is 17.4 Å². The van der Waals surface area contributed by atoms with Crippen LogP contribution in [0.2, 0.25) is 0 Å². The zero-order valence-corrected chi connectivity index (χ0v) is 16.4. The summed E-state index contributed by atoms with van der Waals surface area (Å²) in [6.45, 7) is 0. The van der Waals surface area contributed by atoms with E-state index in [0.29, 0.717) is 29.4 Å². The van der Waals surface area contributed by atoms with E-state index in [1.54, 1.807) is 31.4 Å². The Labute approximate surface area is 176 Å². The average molecular weight is 421 g/mol. The Bertz CT molecular complexity index is 1220. The van der Waals surface area contributed by atoms with Crippen LogP contribution in [0.4, 0.5) is 14.5 Å². The van der Waals surface area contributed by atoms with Crippen LogP contribution in [0.1, 0.15) is 21.8 Å². The standard InChI is InChI=1S/C23H17F2N3O3/c1-30-17-10-8-14(9-11-17)12-20-27-22(28-31-20)15-4-2-5-16(13-15)26-23(29)18-6-3-7-19(24)21(18)25/h2-11,13H,12H2,1H3,(H,26,29). The quantitative estimate of drug-likeness (QED) is 0.481. The highest BCUT2D eigenvalue weighted by molar-refractivity contribution is 6.04. The first-order valence-electron chi connectivity index (χ1n) is 9.35. The van der Waals surface area contributed by atoms with Gasteiger partial charge in [-0.15, -0.1) is 0 Å². The molecule has 0 fully saturated rings. The van der Waals surface area contributed by atoms with Crippen LogP contribution in [-0.2, 0) is 6.42 Å². The minimum absolute atomic E-state index is 0.344. The number of ether oxygens (including phenoxy) is 1. The number of benzene rings is 3. The number of aromatic nitrogens is 2. The number of carbonyl (C=O) groups excluding carboxylic acids is 1. The number of methoxy groups -OCH3 is 1. The molecule has 156 valence electrons. The van der Waals surface area contributed by atoms with E-state index in [1.165, 1.54) is 12.1 Å². The van der Waals surface area contributed by atoms with Crippen LogP contribution in [0.25, 0.3) is 11.4 Å². The van der Waals surface area contributed by atoms with Gasteiger partial charge in [0.15, 0.2) is 11.6 Å². The normalized spacial score (nSPS) is 10.7. The van der Waals surface area contributed by atoms with E-state index in [9.17, 15) is 13.6 Å². The van der Waals surface area contributed by atoms with Crippen LogP contribution in [-0.4, -0.2) is 23.2 Å². The van der Waals surface area contributed by atoms with Gasteiger partial charge in [0.1, 0.15) is 5.75 Å². The highest BCUT2D eigenvalue weighted by Gasteiger charge is 2.16. The molecule has 0 atom stereocenters. The third-order valence-corrected chi connectivity index (χ3v) is 4.56. The molecule has 1 heterocycles. The van der Waals surface area contributed by atoms with Crippen molar-refractivity contribution < 1.29 is 22.8 Å². The summed E-state index contributed by atoms with van der Waals surface area (Å²) in [4.78, 5) is 16.7. The van der Waals surface area contributed by atoms with Gasteiger partial charge in [-0.3, -0.25) is 4.79 Å². The fourth-order valence-corrected chi connectivity index (χ4v) is 2.98. The number of hydrogen-bond donors (Lipinski definition) is 1. The lowest BCUT2D eigenvalue weighted by molar-refractivity contribution is 0.102. The molecule has 0 spiro atoms. The van der Waals surface area contributed by atoms with E-state index in [1.807, 2.05) is 24.3 Å². The zero-order chi connectivity index (χ0) is 21.8. The largest absolute Gasteiger partial charge is 0.497 e. The van der Waals surface area contributed by atoms with Gasteiger partial charge in [0.2, 0.25) is 11.7 Å². The molecule has 4 rings (SSSR count). The molecule has 0 saturated heterocycles. The average Bonchev–Trinajstić information content (AvgIpc) is 3.25. The molecule has 0 unspecified atom stereocenters. The van der Waals surface area contributed by atoms with Gasteiger partial charge in [-0.05, 0) is 42.0 Å². The van der Waals surface area contributed by atoms with Gasteiger partial charge in [-0.25, -0.2) is 8.78 Å². The molecule has 0 aliphatic heterocycles. The second-order valence-electron chi connectivity index (χ2n) is 6.67. The van der Waals surface area contributed by atoms with Crippen LogP contribution >= 0.6 is 0 Å². The van der Waals surface area contributed by atoms with Crippen molar-refractivity contribution in [2.45, 2.75) is 6.42 Å². The first-order valence-corrected chi connectivity index (χ1v) is 9.35. The van der Waals surface area contributed by atoms with Crippen molar-refractivity contribution in [2.75, 3.05) is 12.4 Å². The van der Waals surface area contributed by atoms with Gasteiger partial charge < -0.3 is 14.6 Å². The van der Waals surface area contributed by atoms with Gasteiger partial charge in [0, 0.05) is 11.3 Å². The first kappa shape index (κ1) is 20.2. The van der Waals surface area contributed by atoms with E-state index in [-0.39, 0.29) is 5.56 Å². The number of nitrogens with zero attached hydrogens (tertiary/aromatic N) is 2. The fourth-order valence-electron chi connectivity index (χ4n) is 2.98. The Kier molecular flexibility index (Phi) is 5.70. The first-order chi connectivity index (χ1) is 15.0. The Morgan fingerprint density at radius 2 is 1.84 bits per heavy atom. The van der Waals surface area contributed by atoms with Crippen LogP contribution in [0.15, 0.2) is 71.3 Å². The Morgan fingerprint density at radius 3 is 2.61 bits per heavy atom. The number of anilines is 1. The third-order valence-electron chi connectivity index (χ3n) is 4.56. The number of amides is 1. The molecule has 8 heteroatoms. The second-order valence-corrected chi connectivity index (χ2v) is 6.67. The Balaban J connectivity index is 1.49. The molecular formula is C23H17F2N3O3. The molecule has 0 aliphatic carbocycles. The zero-order valence-electron chi connectivity index (χ0n) is 16.4. The number of carbonyl (C=O) groups is 1. The molecule has 4 aromatic rings. The van der Waals surface area contributed by atoms with E-state index < -0.39 is 17.5 Å². The lowest BCUT2D eigenvalue weighted by atomic mass is 10.1. The number of nitrogens with one attached hydrogen (secondary N) is 1. The molecule has 1 aromatic heterocycles. The van der Waals surface area contributed by atoms with Gasteiger partial charge in [-0.2, -0.15) is 4.98 Å². The number of rotatable bonds is 6. The van der Waals surface area contributed by atoms with Gasteiger partial charge in [0.25, 0.3) is 5.91 Å². The summed E-state index contributed by atoms with van der Waals surface area (Å²) in [6, 6.07) is 17.6. The lowest BCUT2D eigenvalue weighted by Gasteiger charge is -2.07. The maximum absolute atomic E-state index is 13.8. The van der Waals surface area contributed by atoms with Crippen molar-refractivity contribution in [3.05, 3.63) is 95.4 Å². The van der Waals surface area contributed by atoms with E-state index >= 15 is 0 Å². The van der Waals surface area contributed by atoms with Crippen LogP contribution < -0.4 is 10.1 Å². The predicted molar refractivity (Wildman–Crippen MR) is 110 cm³/mol. The molecule has 0 bridgehead atoms. The molecule has 0 radical (unpaired) electrons.